The topological polar surface area (TPSA) is 59.6 Å². The van der Waals surface area contributed by atoms with Gasteiger partial charge in [0.2, 0.25) is 0 Å². The van der Waals surface area contributed by atoms with Crippen LogP contribution >= 0.6 is 15.9 Å². The van der Waals surface area contributed by atoms with E-state index in [9.17, 15) is 4.79 Å². The average Bonchev–Trinajstić information content (AvgIpc) is 2.52. The number of aryl methyl sites for hydroxylation is 1. The van der Waals surface area contributed by atoms with Gasteiger partial charge in [-0.2, -0.15) is 0 Å². The normalized spacial score (nSPS) is 10.0. The number of benzene rings is 2. The summed E-state index contributed by atoms with van der Waals surface area (Å²) in [7, 11) is 1.57. The van der Waals surface area contributed by atoms with Gasteiger partial charge >= 0.3 is 6.03 Å². The lowest BCUT2D eigenvalue weighted by molar-refractivity contribution is 0.247. The number of urea groups is 1. The number of methoxy groups -OCH3 is 1. The van der Waals surface area contributed by atoms with Gasteiger partial charge in [0.05, 0.1) is 19.3 Å². The molecule has 23 heavy (non-hydrogen) atoms. The first-order valence-corrected chi connectivity index (χ1v) is 7.95. The monoisotopic (exact) mass is 378 g/mol. The van der Waals surface area contributed by atoms with Crippen molar-refractivity contribution in [1.29, 1.82) is 0 Å². The van der Waals surface area contributed by atoms with Crippen LogP contribution in [0, 0.1) is 6.92 Å². The van der Waals surface area contributed by atoms with E-state index in [0.717, 1.165) is 15.8 Å². The first-order chi connectivity index (χ1) is 11.1. The zero-order valence-electron chi connectivity index (χ0n) is 13.1. The fourth-order valence-corrected chi connectivity index (χ4v) is 2.35. The number of hydrogen-bond acceptors (Lipinski definition) is 3. The smallest absolute Gasteiger partial charge is 0.319 e. The van der Waals surface area contributed by atoms with E-state index >= 15 is 0 Å². The third kappa shape index (κ3) is 5.49. The van der Waals surface area contributed by atoms with Gasteiger partial charge < -0.3 is 20.1 Å². The second-order valence-corrected chi connectivity index (χ2v) is 5.81. The van der Waals surface area contributed by atoms with Gasteiger partial charge in [0.25, 0.3) is 0 Å². The number of rotatable bonds is 6. The Labute approximate surface area is 144 Å². The number of amides is 2. The molecule has 2 N–H and O–H groups in total. The Bertz CT molecular complexity index is 677. The molecule has 2 aromatic rings. The van der Waals surface area contributed by atoms with E-state index in [1.165, 1.54) is 0 Å². The van der Waals surface area contributed by atoms with Gasteiger partial charge in [-0.1, -0.05) is 28.1 Å². The fraction of sp³-hybridized carbons (Fsp3) is 0.235. The van der Waals surface area contributed by atoms with Crippen molar-refractivity contribution in [3.63, 3.8) is 0 Å². The highest BCUT2D eigenvalue weighted by Crippen LogP contribution is 2.24. The highest BCUT2D eigenvalue weighted by molar-refractivity contribution is 9.10. The molecule has 0 radical (unpaired) electrons. The maximum atomic E-state index is 11.9. The van der Waals surface area contributed by atoms with E-state index in [4.69, 9.17) is 9.47 Å². The summed E-state index contributed by atoms with van der Waals surface area (Å²) in [4.78, 5) is 11.9. The summed E-state index contributed by atoms with van der Waals surface area (Å²) in [6.07, 6.45) is 0. The molecule has 0 atom stereocenters. The number of halogens is 1. The highest BCUT2D eigenvalue weighted by atomic mass is 79.9. The van der Waals surface area contributed by atoms with Crippen molar-refractivity contribution < 1.29 is 14.3 Å². The molecule has 2 aromatic carbocycles. The standard InChI is InChI=1S/C17H19BrN2O3/c1-12-6-7-16(22-2)15(10-12)20-17(21)19-8-9-23-14-5-3-4-13(18)11-14/h3-7,10-11H,8-9H2,1-2H3,(H2,19,20,21). The van der Waals surface area contributed by atoms with Crippen LogP contribution in [-0.2, 0) is 0 Å². The van der Waals surface area contributed by atoms with Crippen LogP contribution in [0.4, 0.5) is 10.5 Å². The van der Waals surface area contributed by atoms with Crippen molar-refractivity contribution in [2.24, 2.45) is 0 Å². The van der Waals surface area contributed by atoms with Crippen molar-refractivity contribution >= 4 is 27.6 Å². The minimum absolute atomic E-state index is 0.299. The quantitative estimate of drug-likeness (QED) is 0.747. The largest absolute Gasteiger partial charge is 0.495 e. The molecular formula is C17H19BrN2O3. The summed E-state index contributed by atoms with van der Waals surface area (Å²) in [5.74, 6) is 1.37. The minimum Gasteiger partial charge on any atom is -0.495 e. The molecule has 0 aliphatic rings. The number of carbonyl (C=O) groups is 1. The average molecular weight is 379 g/mol. The van der Waals surface area contributed by atoms with Crippen LogP contribution in [0.5, 0.6) is 11.5 Å². The van der Waals surface area contributed by atoms with Gasteiger partial charge in [-0.25, -0.2) is 4.79 Å². The van der Waals surface area contributed by atoms with Crippen LogP contribution in [0.15, 0.2) is 46.9 Å². The zero-order chi connectivity index (χ0) is 16.7. The lowest BCUT2D eigenvalue weighted by Gasteiger charge is -2.12. The molecule has 0 aliphatic carbocycles. The number of hydrogen-bond donors (Lipinski definition) is 2. The molecular weight excluding hydrogens is 360 g/mol. The van der Waals surface area contributed by atoms with E-state index in [-0.39, 0.29) is 6.03 Å². The summed E-state index contributed by atoms with van der Waals surface area (Å²) in [5.41, 5.74) is 1.68. The Morgan fingerprint density at radius 3 is 2.78 bits per heavy atom. The predicted molar refractivity (Wildman–Crippen MR) is 94.4 cm³/mol. The molecule has 0 aromatic heterocycles. The van der Waals surface area contributed by atoms with Crippen LogP contribution in [-0.4, -0.2) is 26.3 Å². The second kappa shape index (κ2) is 8.43. The first kappa shape index (κ1) is 17.1. The predicted octanol–water partition coefficient (Wildman–Crippen LogP) is 3.97. The maximum Gasteiger partial charge on any atom is 0.319 e. The van der Waals surface area contributed by atoms with E-state index in [1.54, 1.807) is 7.11 Å². The van der Waals surface area contributed by atoms with Crippen LogP contribution in [0.3, 0.4) is 0 Å². The molecule has 0 spiro atoms. The van der Waals surface area contributed by atoms with Gasteiger partial charge in [0.15, 0.2) is 0 Å². The molecule has 0 saturated carbocycles. The lowest BCUT2D eigenvalue weighted by Crippen LogP contribution is -2.32. The number of nitrogens with one attached hydrogen (secondary N) is 2. The van der Waals surface area contributed by atoms with E-state index < -0.39 is 0 Å². The minimum atomic E-state index is -0.299. The lowest BCUT2D eigenvalue weighted by atomic mass is 10.2. The third-order valence-corrected chi connectivity index (χ3v) is 3.55. The summed E-state index contributed by atoms with van der Waals surface area (Å²) >= 11 is 3.38. The molecule has 0 aliphatic heterocycles. The van der Waals surface area contributed by atoms with Crippen molar-refractivity contribution in [3.8, 4) is 11.5 Å². The van der Waals surface area contributed by atoms with Gasteiger partial charge in [-0.05, 0) is 42.8 Å². The molecule has 0 saturated heterocycles. The first-order valence-electron chi connectivity index (χ1n) is 7.16. The Kier molecular flexibility index (Phi) is 6.29. The van der Waals surface area contributed by atoms with Crippen LogP contribution in [0.25, 0.3) is 0 Å². The van der Waals surface area contributed by atoms with Crippen molar-refractivity contribution in [1.82, 2.24) is 5.32 Å². The molecule has 0 unspecified atom stereocenters. The van der Waals surface area contributed by atoms with Gasteiger partial charge in [-0.3, -0.25) is 0 Å². The molecule has 2 amide bonds. The Hall–Kier alpha value is -2.21. The van der Waals surface area contributed by atoms with Crippen molar-refractivity contribution in [2.45, 2.75) is 6.92 Å². The number of carbonyl (C=O) groups excluding carboxylic acids is 1. The maximum absolute atomic E-state index is 11.9. The molecule has 0 fully saturated rings. The number of anilines is 1. The Morgan fingerprint density at radius 2 is 2.04 bits per heavy atom. The van der Waals surface area contributed by atoms with E-state index in [1.807, 2.05) is 49.4 Å². The molecule has 2 rings (SSSR count). The van der Waals surface area contributed by atoms with Crippen LogP contribution in [0.2, 0.25) is 0 Å². The summed E-state index contributed by atoms with van der Waals surface area (Å²) in [5, 5.41) is 5.52. The Balaban J connectivity index is 1.78. The third-order valence-electron chi connectivity index (χ3n) is 3.06. The van der Waals surface area contributed by atoms with Crippen LogP contribution < -0.4 is 20.1 Å². The number of ether oxygens (including phenoxy) is 2. The van der Waals surface area contributed by atoms with Crippen molar-refractivity contribution in [2.75, 3.05) is 25.6 Å². The highest BCUT2D eigenvalue weighted by Gasteiger charge is 2.07. The summed E-state index contributed by atoms with van der Waals surface area (Å²) < 4.78 is 11.7. The zero-order valence-corrected chi connectivity index (χ0v) is 14.6. The Morgan fingerprint density at radius 1 is 1.22 bits per heavy atom. The van der Waals surface area contributed by atoms with Gasteiger partial charge in [-0.15, -0.1) is 0 Å². The molecule has 122 valence electrons. The van der Waals surface area contributed by atoms with Gasteiger partial charge in [0.1, 0.15) is 18.1 Å². The summed E-state index contributed by atoms with van der Waals surface area (Å²) in [6.45, 7) is 2.73. The molecule has 0 bridgehead atoms. The molecule has 0 heterocycles. The van der Waals surface area contributed by atoms with Gasteiger partial charge in [0, 0.05) is 4.47 Å². The van der Waals surface area contributed by atoms with E-state index in [2.05, 4.69) is 26.6 Å². The summed E-state index contributed by atoms with van der Waals surface area (Å²) in [6, 6.07) is 12.9. The van der Waals surface area contributed by atoms with E-state index in [0.29, 0.717) is 24.6 Å². The fourth-order valence-electron chi connectivity index (χ4n) is 1.98. The molecule has 6 heteroatoms. The van der Waals surface area contributed by atoms with Crippen molar-refractivity contribution in [3.05, 3.63) is 52.5 Å². The van der Waals surface area contributed by atoms with Crippen LogP contribution in [0.1, 0.15) is 5.56 Å². The molecule has 5 nitrogen and oxygen atoms in total. The second-order valence-electron chi connectivity index (χ2n) is 4.89. The SMILES string of the molecule is COc1ccc(C)cc1NC(=O)NCCOc1cccc(Br)c1.